The van der Waals surface area contributed by atoms with Crippen LogP contribution in [0.4, 0.5) is 5.82 Å². The first-order valence-electron chi connectivity index (χ1n) is 8.61. The van der Waals surface area contributed by atoms with E-state index in [1.165, 1.54) is 23.9 Å². The van der Waals surface area contributed by atoms with E-state index in [4.69, 9.17) is 0 Å². The lowest BCUT2D eigenvalue weighted by Gasteiger charge is -2.36. The molecule has 1 aromatic heterocycles. The van der Waals surface area contributed by atoms with Crippen molar-refractivity contribution in [3.05, 3.63) is 30.1 Å². The van der Waals surface area contributed by atoms with E-state index in [-0.39, 0.29) is 0 Å². The molecule has 4 heteroatoms. The molecule has 0 atom stereocenters. The fourth-order valence-corrected chi connectivity index (χ4v) is 3.09. The van der Waals surface area contributed by atoms with E-state index >= 15 is 0 Å². The number of fused-ring (bicyclic) bond motifs is 1. The van der Waals surface area contributed by atoms with Crippen molar-refractivity contribution < 1.29 is 0 Å². The van der Waals surface area contributed by atoms with E-state index in [1.807, 2.05) is 0 Å². The lowest BCUT2D eigenvalue weighted by Crippen LogP contribution is -2.47. The zero-order valence-corrected chi connectivity index (χ0v) is 14.8. The van der Waals surface area contributed by atoms with Crippen LogP contribution in [0.3, 0.4) is 0 Å². The minimum absolute atomic E-state index is 0.414. The first kappa shape index (κ1) is 16.2. The van der Waals surface area contributed by atoms with Gasteiger partial charge in [0.25, 0.3) is 0 Å². The van der Waals surface area contributed by atoms with Crippen molar-refractivity contribution in [2.45, 2.75) is 34.1 Å². The molecule has 2 heterocycles. The molecule has 2 aromatic rings. The number of benzene rings is 1. The van der Waals surface area contributed by atoms with Crippen LogP contribution in [0.2, 0.25) is 0 Å². The Hall–Kier alpha value is -1.68. The molecular weight excluding hydrogens is 284 g/mol. The average Bonchev–Trinajstić information content (AvgIpc) is 2.52. The van der Waals surface area contributed by atoms with Crippen LogP contribution in [0.25, 0.3) is 10.9 Å². The quantitative estimate of drug-likeness (QED) is 0.868. The zero-order chi connectivity index (χ0) is 16.4. The Morgan fingerprint density at radius 2 is 1.78 bits per heavy atom. The van der Waals surface area contributed by atoms with Crippen molar-refractivity contribution in [1.29, 1.82) is 0 Å². The Morgan fingerprint density at radius 1 is 1.04 bits per heavy atom. The van der Waals surface area contributed by atoms with E-state index in [2.05, 4.69) is 65.7 Å². The topological polar surface area (TPSA) is 32.3 Å². The normalized spacial score (nSPS) is 17.0. The standard InChI is InChI=1S/C19H28N4/c1-15-5-6-17-16(13-15)18(21-14-20-17)23-11-9-22(10-12-23)8-7-19(2,3)4/h5-6,13-14H,7-12H2,1-4H3. The van der Waals surface area contributed by atoms with Gasteiger partial charge in [0.15, 0.2) is 0 Å². The summed E-state index contributed by atoms with van der Waals surface area (Å²) in [7, 11) is 0. The number of hydrogen-bond donors (Lipinski definition) is 0. The van der Waals surface area contributed by atoms with E-state index < -0.39 is 0 Å². The summed E-state index contributed by atoms with van der Waals surface area (Å²) in [4.78, 5) is 14.0. The van der Waals surface area contributed by atoms with Crippen molar-refractivity contribution in [3.8, 4) is 0 Å². The summed E-state index contributed by atoms with van der Waals surface area (Å²) >= 11 is 0. The Kier molecular flexibility index (Phi) is 4.53. The molecule has 0 bridgehead atoms. The number of rotatable bonds is 3. The van der Waals surface area contributed by atoms with Crippen LogP contribution in [0.1, 0.15) is 32.8 Å². The molecule has 1 aliphatic heterocycles. The number of anilines is 1. The number of hydrogen-bond acceptors (Lipinski definition) is 4. The van der Waals surface area contributed by atoms with Gasteiger partial charge in [0, 0.05) is 31.6 Å². The summed E-state index contributed by atoms with van der Waals surface area (Å²) in [5.41, 5.74) is 2.71. The van der Waals surface area contributed by atoms with Crippen molar-refractivity contribution in [3.63, 3.8) is 0 Å². The van der Waals surface area contributed by atoms with Crippen molar-refractivity contribution in [2.75, 3.05) is 37.6 Å². The van der Waals surface area contributed by atoms with Gasteiger partial charge >= 0.3 is 0 Å². The van der Waals surface area contributed by atoms with Gasteiger partial charge in [-0.25, -0.2) is 9.97 Å². The molecule has 0 saturated carbocycles. The SMILES string of the molecule is Cc1ccc2ncnc(N3CCN(CCC(C)(C)C)CC3)c2c1. The maximum atomic E-state index is 4.58. The number of aryl methyl sites for hydroxylation is 1. The highest BCUT2D eigenvalue weighted by Gasteiger charge is 2.21. The van der Waals surface area contributed by atoms with E-state index in [0.717, 1.165) is 37.5 Å². The molecule has 0 aliphatic carbocycles. The third kappa shape index (κ3) is 3.99. The van der Waals surface area contributed by atoms with E-state index in [9.17, 15) is 0 Å². The van der Waals surface area contributed by atoms with Gasteiger partial charge in [-0.2, -0.15) is 0 Å². The summed E-state index contributed by atoms with van der Waals surface area (Å²) in [6.45, 7) is 14.6. The maximum absolute atomic E-state index is 4.58. The first-order chi connectivity index (χ1) is 10.9. The predicted molar refractivity (Wildman–Crippen MR) is 97.0 cm³/mol. The highest BCUT2D eigenvalue weighted by molar-refractivity contribution is 5.89. The van der Waals surface area contributed by atoms with Gasteiger partial charge in [0.1, 0.15) is 12.1 Å². The zero-order valence-electron chi connectivity index (χ0n) is 14.8. The highest BCUT2D eigenvalue weighted by Crippen LogP contribution is 2.25. The van der Waals surface area contributed by atoms with Crippen molar-refractivity contribution in [2.24, 2.45) is 5.41 Å². The van der Waals surface area contributed by atoms with Crippen LogP contribution in [-0.2, 0) is 0 Å². The van der Waals surface area contributed by atoms with E-state index in [0.29, 0.717) is 5.41 Å². The molecule has 23 heavy (non-hydrogen) atoms. The van der Waals surface area contributed by atoms with Gasteiger partial charge in [0.05, 0.1) is 5.52 Å². The lowest BCUT2D eigenvalue weighted by atomic mass is 9.92. The van der Waals surface area contributed by atoms with Crippen LogP contribution in [0.5, 0.6) is 0 Å². The molecule has 0 amide bonds. The van der Waals surface area contributed by atoms with Gasteiger partial charge in [-0.05, 0) is 37.4 Å². The van der Waals surface area contributed by atoms with Crippen molar-refractivity contribution >= 4 is 16.7 Å². The molecule has 0 radical (unpaired) electrons. The molecule has 1 fully saturated rings. The predicted octanol–water partition coefficient (Wildman–Crippen LogP) is 3.50. The second kappa shape index (κ2) is 6.44. The Balaban J connectivity index is 1.69. The fraction of sp³-hybridized carbons (Fsp3) is 0.579. The van der Waals surface area contributed by atoms with Crippen LogP contribution >= 0.6 is 0 Å². The minimum atomic E-state index is 0.414. The van der Waals surface area contributed by atoms with Crippen molar-refractivity contribution in [1.82, 2.24) is 14.9 Å². The number of aromatic nitrogens is 2. The molecule has 0 N–H and O–H groups in total. The molecule has 0 spiro atoms. The largest absolute Gasteiger partial charge is 0.353 e. The Bertz CT molecular complexity index is 667. The van der Waals surface area contributed by atoms with Crippen LogP contribution in [0.15, 0.2) is 24.5 Å². The molecule has 124 valence electrons. The summed E-state index contributed by atoms with van der Waals surface area (Å²) in [6.07, 6.45) is 2.95. The number of nitrogens with zero attached hydrogens (tertiary/aromatic N) is 4. The Labute approximate surface area is 139 Å². The van der Waals surface area contributed by atoms with Crippen LogP contribution in [-0.4, -0.2) is 47.6 Å². The second-order valence-electron chi connectivity index (χ2n) is 7.86. The fourth-order valence-electron chi connectivity index (χ4n) is 3.09. The summed E-state index contributed by atoms with van der Waals surface area (Å²) in [5.74, 6) is 1.09. The lowest BCUT2D eigenvalue weighted by molar-refractivity contribution is 0.217. The van der Waals surface area contributed by atoms with Crippen LogP contribution < -0.4 is 4.90 Å². The molecule has 1 aromatic carbocycles. The van der Waals surface area contributed by atoms with Gasteiger partial charge in [-0.15, -0.1) is 0 Å². The number of piperazine rings is 1. The summed E-state index contributed by atoms with van der Waals surface area (Å²) < 4.78 is 0. The Morgan fingerprint density at radius 3 is 2.48 bits per heavy atom. The third-order valence-corrected chi connectivity index (χ3v) is 4.62. The van der Waals surface area contributed by atoms with E-state index in [1.54, 1.807) is 6.33 Å². The molecular formula is C19H28N4. The van der Waals surface area contributed by atoms with Gasteiger partial charge in [-0.1, -0.05) is 32.4 Å². The maximum Gasteiger partial charge on any atom is 0.139 e. The monoisotopic (exact) mass is 312 g/mol. The summed E-state index contributed by atoms with van der Waals surface area (Å²) in [5, 5.41) is 1.18. The summed E-state index contributed by atoms with van der Waals surface area (Å²) in [6, 6.07) is 6.41. The molecule has 1 aliphatic rings. The van der Waals surface area contributed by atoms with Gasteiger partial charge < -0.3 is 4.90 Å². The molecule has 3 rings (SSSR count). The van der Waals surface area contributed by atoms with Crippen LogP contribution in [0, 0.1) is 12.3 Å². The molecule has 4 nitrogen and oxygen atoms in total. The molecule has 0 unspecified atom stereocenters. The molecule has 1 saturated heterocycles. The average molecular weight is 312 g/mol. The first-order valence-corrected chi connectivity index (χ1v) is 8.61. The third-order valence-electron chi connectivity index (χ3n) is 4.62. The smallest absolute Gasteiger partial charge is 0.139 e. The van der Waals surface area contributed by atoms with Gasteiger partial charge in [-0.3, -0.25) is 4.90 Å². The van der Waals surface area contributed by atoms with Gasteiger partial charge in [0.2, 0.25) is 0 Å². The highest BCUT2D eigenvalue weighted by atomic mass is 15.3. The minimum Gasteiger partial charge on any atom is -0.353 e. The second-order valence-corrected chi connectivity index (χ2v) is 7.86.